The van der Waals surface area contributed by atoms with Crippen molar-refractivity contribution in [2.45, 2.75) is 12.6 Å². The number of hydrogen-bond acceptors (Lipinski definition) is 4. The molecule has 1 fully saturated rings. The Morgan fingerprint density at radius 3 is 2.63 bits per heavy atom. The lowest BCUT2D eigenvalue weighted by Crippen LogP contribution is -2.54. The van der Waals surface area contributed by atoms with Gasteiger partial charge in [-0.05, 0) is 44.4 Å². The molecule has 3 rings (SSSR count). The minimum Gasteiger partial charge on any atom is -0.489 e. The van der Waals surface area contributed by atoms with Crippen LogP contribution in [0, 0.1) is 5.82 Å². The topological polar surface area (TPSA) is 44.8 Å². The molecule has 1 heterocycles. The van der Waals surface area contributed by atoms with Gasteiger partial charge in [0, 0.05) is 43.3 Å². The predicted octanol–water partition coefficient (Wildman–Crippen LogP) is 2.38. The fourth-order valence-corrected chi connectivity index (χ4v) is 3.11. The van der Waals surface area contributed by atoms with Crippen LogP contribution in [-0.4, -0.2) is 62.0 Å². The SMILES string of the molecule is CN1CCN(C)C(CNC(=O)c2ccc(OCc3ccccc3F)cc2)C1. The molecule has 0 aromatic heterocycles. The van der Waals surface area contributed by atoms with Crippen LogP contribution in [0.4, 0.5) is 4.39 Å². The highest BCUT2D eigenvalue weighted by atomic mass is 19.1. The van der Waals surface area contributed by atoms with Crippen molar-refractivity contribution < 1.29 is 13.9 Å². The first kappa shape index (κ1) is 19.3. The monoisotopic (exact) mass is 371 g/mol. The van der Waals surface area contributed by atoms with E-state index in [1.807, 2.05) is 0 Å². The lowest BCUT2D eigenvalue weighted by atomic mass is 10.1. The van der Waals surface area contributed by atoms with Gasteiger partial charge in [0.1, 0.15) is 18.2 Å². The van der Waals surface area contributed by atoms with Crippen LogP contribution in [0.5, 0.6) is 5.75 Å². The van der Waals surface area contributed by atoms with Gasteiger partial charge < -0.3 is 15.0 Å². The molecule has 2 aromatic rings. The number of benzene rings is 2. The fraction of sp³-hybridized carbons (Fsp3) is 0.381. The summed E-state index contributed by atoms with van der Waals surface area (Å²) in [6, 6.07) is 13.8. The number of likely N-dealkylation sites (N-methyl/N-ethyl adjacent to an activating group) is 2. The third kappa shape index (κ3) is 5.28. The zero-order chi connectivity index (χ0) is 19.2. The van der Waals surface area contributed by atoms with Crippen LogP contribution in [0.15, 0.2) is 48.5 Å². The van der Waals surface area contributed by atoms with E-state index in [1.165, 1.54) is 6.07 Å². The largest absolute Gasteiger partial charge is 0.489 e. The number of nitrogens with zero attached hydrogens (tertiary/aromatic N) is 2. The van der Waals surface area contributed by atoms with Gasteiger partial charge in [0.15, 0.2) is 0 Å². The first-order valence-electron chi connectivity index (χ1n) is 9.16. The highest BCUT2D eigenvalue weighted by Gasteiger charge is 2.22. The summed E-state index contributed by atoms with van der Waals surface area (Å²) in [5, 5.41) is 3.01. The molecule has 0 aliphatic carbocycles. The molecule has 1 atom stereocenters. The van der Waals surface area contributed by atoms with Gasteiger partial charge in [-0.2, -0.15) is 0 Å². The van der Waals surface area contributed by atoms with Crippen LogP contribution in [0.2, 0.25) is 0 Å². The third-order valence-corrected chi connectivity index (χ3v) is 4.95. The lowest BCUT2D eigenvalue weighted by molar-refractivity contribution is 0.0881. The van der Waals surface area contributed by atoms with Crippen molar-refractivity contribution in [1.29, 1.82) is 0 Å². The van der Waals surface area contributed by atoms with Crippen LogP contribution in [0.3, 0.4) is 0 Å². The van der Waals surface area contributed by atoms with E-state index in [0.29, 0.717) is 29.5 Å². The van der Waals surface area contributed by atoms with Gasteiger partial charge in [-0.15, -0.1) is 0 Å². The van der Waals surface area contributed by atoms with E-state index in [4.69, 9.17) is 4.74 Å². The molecule has 1 unspecified atom stereocenters. The standard InChI is InChI=1S/C21H26FN3O2/c1-24-11-12-25(2)18(14-24)13-23-21(26)16-7-9-19(10-8-16)27-15-17-5-3-4-6-20(17)22/h3-10,18H,11-15H2,1-2H3,(H,23,26). The molecule has 2 aromatic carbocycles. The van der Waals surface area contributed by atoms with Gasteiger partial charge in [-0.3, -0.25) is 9.69 Å². The minimum absolute atomic E-state index is 0.0997. The molecule has 1 aliphatic rings. The molecule has 1 aliphatic heterocycles. The maximum atomic E-state index is 13.6. The Balaban J connectivity index is 1.50. The average Bonchev–Trinajstić information content (AvgIpc) is 2.68. The zero-order valence-corrected chi connectivity index (χ0v) is 15.8. The van der Waals surface area contributed by atoms with E-state index in [-0.39, 0.29) is 18.3 Å². The number of piperazine rings is 1. The van der Waals surface area contributed by atoms with Crippen molar-refractivity contribution in [3.63, 3.8) is 0 Å². The first-order chi connectivity index (χ1) is 13.0. The number of hydrogen-bond donors (Lipinski definition) is 1. The summed E-state index contributed by atoms with van der Waals surface area (Å²) in [4.78, 5) is 16.9. The van der Waals surface area contributed by atoms with Crippen LogP contribution in [0.25, 0.3) is 0 Å². The molecule has 0 spiro atoms. The Kier molecular flexibility index (Phi) is 6.42. The van der Waals surface area contributed by atoms with E-state index < -0.39 is 0 Å². The van der Waals surface area contributed by atoms with E-state index in [9.17, 15) is 9.18 Å². The summed E-state index contributed by atoms with van der Waals surface area (Å²) >= 11 is 0. The number of halogens is 1. The summed E-state index contributed by atoms with van der Waals surface area (Å²) < 4.78 is 19.2. The second-order valence-electron chi connectivity index (χ2n) is 7.01. The van der Waals surface area contributed by atoms with Crippen LogP contribution < -0.4 is 10.1 Å². The first-order valence-corrected chi connectivity index (χ1v) is 9.16. The van der Waals surface area contributed by atoms with Crippen LogP contribution in [-0.2, 0) is 6.61 Å². The van der Waals surface area contributed by atoms with Gasteiger partial charge >= 0.3 is 0 Å². The van der Waals surface area contributed by atoms with E-state index in [1.54, 1.807) is 42.5 Å². The van der Waals surface area contributed by atoms with Crippen molar-refractivity contribution in [1.82, 2.24) is 15.1 Å². The Morgan fingerprint density at radius 2 is 1.89 bits per heavy atom. The number of nitrogens with one attached hydrogen (secondary N) is 1. The molecule has 1 amide bonds. The number of carbonyl (C=O) groups excluding carboxylic acids is 1. The molecule has 27 heavy (non-hydrogen) atoms. The number of amides is 1. The van der Waals surface area contributed by atoms with Gasteiger partial charge in [0.05, 0.1) is 0 Å². The van der Waals surface area contributed by atoms with Crippen molar-refractivity contribution in [2.24, 2.45) is 0 Å². The van der Waals surface area contributed by atoms with Gasteiger partial charge in [0.2, 0.25) is 0 Å². The van der Waals surface area contributed by atoms with Crippen LogP contribution in [0.1, 0.15) is 15.9 Å². The molecule has 6 heteroatoms. The normalized spacial score (nSPS) is 18.3. The summed E-state index contributed by atoms with van der Waals surface area (Å²) in [7, 11) is 4.19. The highest BCUT2D eigenvalue weighted by Crippen LogP contribution is 2.16. The van der Waals surface area contributed by atoms with Crippen molar-refractivity contribution in [3.05, 3.63) is 65.5 Å². The Bertz CT molecular complexity index is 766. The molecule has 144 valence electrons. The molecule has 5 nitrogen and oxygen atoms in total. The molecular weight excluding hydrogens is 345 g/mol. The smallest absolute Gasteiger partial charge is 0.251 e. The number of rotatable bonds is 6. The Morgan fingerprint density at radius 1 is 1.15 bits per heavy atom. The number of ether oxygens (including phenoxy) is 1. The van der Waals surface area contributed by atoms with E-state index in [2.05, 4.69) is 29.2 Å². The maximum absolute atomic E-state index is 13.6. The molecule has 1 saturated heterocycles. The zero-order valence-electron chi connectivity index (χ0n) is 15.8. The van der Waals surface area contributed by atoms with Crippen molar-refractivity contribution >= 4 is 5.91 Å². The van der Waals surface area contributed by atoms with Crippen molar-refractivity contribution in [3.8, 4) is 5.75 Å². The minimum atomic E-state index is -0.285. The molecule has 1 N–H and O–H groups in total. The van der Waals surface area contributed by atoms with Gasteiger partial charge in [-0.25, -0.2) is 4.39 Å². The highest BCUT2D eigenvalue weighted by molar-refractivity contribution is 5.94. The maximum Gasteiger partial charge on any atom is 0.251 e. The summed E-state index contributed by atoms with van der Waals surface area (Å²) in [5.41, 5.74) is 1.08. The van der Waals surface area contributed by atoms with Crippen LogP contribution >= 0.6 is 0 Å². The second-order valence-corrected chi connectivity index (χ2v) is 7.01. The van der Waals surface area contributed by atoms with E-state index >= 15 is 0 Å². The lowest BCUT2D eigenvalue weighted by Gasteiger charge is -2.37. The second kappa shape index (κ2) is 8.97. The quantitative estimate of drug-likeness (QED) is 0.847. The Labute approximate surface area is 159 Å². The predicted molar refractivity (Wildman–Crippen MR) is 103 cm³/mol. The third-order valence-electron chi connectivity index (χ3n) is 4.95. The summed E-state index contributed by atoms with van der Waals surface area (Å²) in [5.74, 6) is 0.215. The molecular formula is C21H26FN3O2. The molecule has 0 saturated carbocycles. The molecule has 0 bridgehead atoms. The summed E-state index contributed by atoms with van der Waals surface area (Å²) in [6.07, 6.45) is 0. The van der Waals surface area contributed by atoms with Gasteiger partial charge in [0.25, 0.3) is 5.91 Å². The Hall–Kier alpha value is -2.44. The molecule has 0 radical (unpaired) electrons. The number of carbonyl (C=O) groups is 1. The average molecular weight is 371 g/mol. The van der Waals surface area contributed by atoms with Gasteiger partial charge in [-0.1, -0.05) is 18.2 Å². The van der Waals surface area contributed by atoms with Crippen molar-refractivity contribution in [2.75, 3.05) is 40.3 Å². The fourth-order valence-electron chi connectivity index (χ4n) is 3.11. The van der Waals surface area contributed by atoms with E-state index in [0.717, 1.165) is 19.6 Å². The summed E-state index contributed by atoms with van der Waals surface area (Å²) in [6.45, 7) is 3.77.